The van der Waals surface area contributed by atoms with E-state index in [1.165, 1.54) is 16.7 Å². The monoisotopic (exact) mass is 132 g/mol. The Morgan fingerprint density at radius 1 is 1.60 bits per heavy atom. The number of hydrogen-bond acceptors (Lipinski definition) is 0. The fourth-order valence-corrected chi connectivity index (χ4v) is 1.32. The molecule has 0 saturated carbocycles. The van der Waals surface area contributed by atoms with Crippen molar-refractivity contribution in [1.29, 1.82) is 0 Å². The lowest BCUT2D eigenvalue weighted by Crippen LogP contribution is -1.80. The summed E-state index contributed by atoms with van der Waals surface area (Å²) in [4.78, 5) is 0. The molecule has 0 aromatic carbocycles. The van der Waals surface area contributed by atoms with Crippen LogP contribution in [0.4, 0.5) is 0 Å². The Morgan fingerprint density at radius 2 is 2.30 bits per heavy atom. The van der Waals surface area contributed by atoms with Gasteiger partial charge in [-0.05, 0) is 25.3 Å². The molecule has 0 saturated heterocycles. The van der Waals surface area contributed by atoms with Gasteiger partial charge in [-0.3, -0.25) is 0 Å². The first-order valence-corrected chi connectivity index (χ1v) is 3.56. The fourth-order valence-electron chi connectivity index (χ4n) is 1.32. The summed E-state index contributed by atoms with van der Waals surface area (Å²) in [6.07, 6.45) is 8.25. The molecular weight excluding hydrogens is 120 g/mol. The Kier molecular flexibility index (Phi) is 1.97. The Hall–Kier alpha value is -0.960. The van der Waals surface area contributed by atoms with Gasteiger partial charge in [0.25, 0.3) is 0 Å². The lowest BCUT2D eigenvalue weighted by molar-refractivity contribution is 1.01. The minimum atomic E-state index is 0.769. The predicted molar refractivity (Wildman–Crippen MR) is 44.5 cm³/mol. The van der Waals surface area contributed by atoms with Crippen molar-refractivity contribution in [3.05, 3.63) is 23.3 Å². The van der Waals surface area contributed by atoms with Crippen LogP contribution in [0.15, 0.2) is 23.3 Å². The van der Waals surface area contributed by atoms with Crippen LogP contribution in [-0.2, 0) is 0 Å². The van der Waals surface area contributed by atoms with E-state index < -0.39 is 0 Å². The van der Waals surface area contributed by atoms with Gasteiger partial charge in [0, 0.05) is 6.42 Å². The zero-order valence-corrected chi connectivity index (χ0v) is 6.41. The SMILES string of the molecule is C#CCC1=C(C)CCC1=C. The van der Waals surface area contributed by atoms with Gasteiger partial charge in [0.05, 0.1) is 0 Å². The topological polar surface area (TPSA) is 0 Å². The number of rotatable bonds is 1. The van der Waals surface area contributed by atoms with Crippen molar-refractivity contribution in [2.24, 2.45) is 0 Å². The van der Waals surface area contributed by atoms with Gasteiger partial charge in [-0.25, -0.2) is 0 Å². The first-order chi connectivity index (χ1) is 4.75. The Morgan fingerprint density at radius 3 is 2.70 bits per heavy atom. The molecule has 0 amide bonds. The van der Waals surface area contributed by atoms with Gasteiger partial charge in [-0.2, -0.15) is 0 Å². The van der Waals surface area contributed by atoms with Crippen LogP contribution in [-0.4, -0.2) is 0 Å². The van der Waals surface area contributed by atoms with Gasteiger partial charge in [0.15, 0.2) is 0 Å². The first-order valence-electron chi connectivity index (χ1n) is 3.56. The highest BCUT2D eigenvalue weighted by molar-refractivity contribution is 5.40. The molecule has 0 aromatic rings. The molecule has 10 heavy (non-hydrogen) atoms. The summed E-state index contributed by atoms with van der Waals surface area (Å²) >= 11 is 0. The van der Waals surface area contributed by atoms with E-state index in [1.54, 1.807) is 0 Å². The van der Waals surface area contributed by atoms with E-state index in [0.29, 0.717) is 0 Å². The fraction of sp³-hybridized carbons (Fsp3) is 0.400. The third-order valence-electron chi connectivity index (χ3n) is 2.02. The molecule has 0 nitrogen and oxygen atoms in total. The van der Waals surface area contributed by atoms with Gasteiger partial charge in [0.2, 0.25) is 0 Å². The van der Waals surface area contributed by atoms with Crippen LogP contribution in [0.1, 0.15) is 26.2 Å². The van der Waals surface area contributed by atoms with E-state index >= 15 is 0 Å². The number of hydrogen-bond donors (Lipinski definition) is 0. The molecule has 0 aromatic heterocycles. The van der Waals surface area contributed by atoms with E-state index in [1.807, 2.05) is 0 Å². The molecule has 1 aliphatic carbocycles. The van der Waals surface area contributed by atoms with Gasteiger partial charge in [-0.1, -0.05) is 17.7 Å². The van der Waals surface area contributed by atoms with Crippen molar-refractivity contribution in [1.82, 2.24) is 0 Å². The maximum Gasteiger partial charge on any atom is 0.0339 e. The van der Waals surface area contributed by atoms with E-state index in [0.717, 1.165) is 19.3 Å². The van der Waals surface area contributed by atoms with Crippen LogP contribution < -0.4 is 0 Å². The van der Waals surface area contributed by atoms with Gasteiger partial charge >= 0.3 is 0 Å². The van der Waals surface area contributed by atoms with E-state index in [9.17, 15) is 0 Å². The minimum Gasteiger partial charge on any atom is -0.120 e. The lowest BCUT2D eigenvalue weighted by Gasteiger charge is -1.98. The zero-order chi connectivity index (χ0) is 7.56. The molecule has 0 atom stereocenters. The second kappa shape index (κ2) is 2.75. The van der Waals surface area contributed by atoms with Gasteiger partial charge in [0.1, 0.15) is 0 Å². The Balaban J connectivity index is 2.80. The third-order valence-corrected chi connectivity index (χ3v) is 2.02. The molecule has 0 radical (unpaired) electrons. The molecule has 0 fully saturated rings. The van der Waals surface area contributed by atoms with Crippen molar-refractivity contribution in [2.75, 3.05) is 0 Å². The highest BCUT2D eigenvalue weighted by Gasteiger charge is 2.12. The maximum atomic E-state index is 5.21. The van der Waals surface area contributed by atoms with Crippen LogP contribution >= 0.6 is 0 Å². The quantitative estimate of drug-likeness (QED) is 0.481. The van der Waals surface area contributed by atoms with Crippen LogP contribution in [0.5, 0.6) is 0 Å². The van der Waals surface area contributed by atoms with Crippen LogP contribution in [0, 0.1) is 12.3 Å². The molecule has 0 spiro atoms. The number of allylic oxidation sites excluding steroid dienone is 3. The molecule has 1 aliphatic rings. The zero-order valence-electron chi connectivity index (χ0n) is 6.41. The second-order valence-corrected chi connectivity index (χ2v) is 2.74. The highest BCUT2D eigenvalue weighted by Crippen LogP contribution is 2.31. The molecule has 0 N–H and O–H groups in total. The van der Waals surface area contributed by atoms with Gasteiger partial charge in [-0.15, -0.1) is 12.3 Å². The summed E-state index contributed by atoms with van der Waals surface area (Å²) in [6, 6.07) is 0. The summed E-state index contributed by atoms with van der Waals surface area (Å²) in [5, 5.41) is 0. The van der Waals surface area contributed by atoms with E-state index in [-0.39, 0.29) is 0 Å². The largest absolute Gasteiger partial charge is 0.120 e. The average Bonchev–Trinajstić information content (AvgIpc) is 2.20. The molecule has 0 aliphatic heterocycles. The summed E-state index contributed by atoms with van der Waals surface area (Å²) in [5.41, 5.74) is 4.00. The highest BCUT2D eigenvalue weighted by atomic mass is 14.2. The van der Waals surface area contributed by atoms with Crippen LogP contribution in [0.3, 0.4) is 0 Å². The van der Waals surface area contributed by atoms with Gasteiger partial charge < -0.3 is 0 Å². The van der Waals surface area contributed by atoms with Crippen molar-refractivity contribution < 1.29 is 0 Å². The molecule has 52 valence electrons. The summed E-state index contributed by atoms with van der Waals surface area (Å²) in [7, 11) is 0. The molecule has 0 heterocycles. The minimum absolute atomic E-state index is 0.769. The van der Waals surface area contributed by atoms with E-state index in [2.05, 4.69) is 19.4 Å². The molecule has 1 rings (SSSR count). The standard InChI is InChI=1S/C10H12/c1-4-5-10-8(2)6-7-9(10)3/h1H,2,5-7H2,3H3. The normalized spacial score (nSPS) is 17.8. The number of terminal acetylenes is 1. The van der Waals surface area contributed by atoms with Crippen molar-refractivity contribution in [3.8, 4) is 12.3 Å². The summed E-state index contributed by atoms with van der Waals surface area (Å²) in [6.45, 7) is 6.09. The van der Waals surface area contributed by atoms with E-state index in [4.69, 9.17) is 6.42 Å². The smallest absolute Gasteiger partial charge is 0.0339 e. The van der Waals surface area contributed by atoms with Crippen molar-refractivity contribution in [2.45, 2.75) is 26.2 Å². The maximum absolute atomic E-state index is 5.21. The average molecular weight is 132 g/mol. The Labute approximate surface area is 62.6 Å². The molecule has 0 heteroatoms. The lowest BCUT2D eigenvalue weighted by atomic mass is 10.1. The summed E-state index contributed by atoms with van der Waals surface area (Å²) in [5.74, 6) is 2.65. The second-order valence-electron chi connectivity index (χ2n) is 2.74. The molecular formula is C10H12. The first kappa shape index (κ1) is 7.15. The summed E-state index contributed by atoms with van der Waals surface area (Å²) < 4.78 is 0. The van der Waals surface area contributed by atoms with Crippen LogP contribution in [0.2, 0.25) is 0 Å². The Bertz CT molecular complexity index is 223. The third kappa shape index (κ3) is 1.14. The van der Waals surface area contributed by atoms with Crippen molar-refractivity contribution in [3.63, 3.8) is 0 Å². The molecule has 0 unspecified atom stereocenters. The van der Waals surface area contributed by atoms with Crippen molar-refractivity contribution >= 4 is 0 Å². The van der Waals surface area contributed by atoms with Crippen LogP contribution in [0.25, 0.3) is 0 Å². The predicted octanol–water partition coefficient (Wildman–Crippen LogP) is 2.68. The molecule has 0 bridgehead atoms.